The molecular formula is C13H25N5. The number of likely N-dealkylation sites (N-methyl/N-ethyl adjacent to an activating group) is 2. The van der Waals surface area contributed by atoms with Gasteiger partial charge in [0.25, 0.3) is 0 Å². The number of nitrogens with zero attached hydrogens (tertiary/aromatic N) is 4. The molecule has 1 aromatic rings. The molecule has 102 valence electrons. The standard InChI is InChI=1S/C13H25N5/c1-16(2)13(5-4-6-13)11-17(3)7-8-18-10-12(14)9-15-18/h9-10H,4-8,11,14H2,1-3H3. The van der Waals surface area contributed by atoms with Crippen molar-refractivity contribution >= 4 is 5.69 Å². The molecular weight excluding hydrogens is 226 g/mol. The minimum Gasteiger partial charge on any atom is -0.396 e. The van der Waals surface area contributed by atoms with E-state index in [9.17, 15) is 0 Å². The van der Waals surface area contributed by atoms with Crippen LogP contribution in [0.4, 0.5) is 5.69 Å². The van der Waals surface area contributed by atoms with Gasteiger partial charge in [-0.1, -0.05) is 0 Å². The largest absolute Gasteiger partial charge is 0.396 e. The minimum atomic E-state index is 0.401. The predicted octanol–water partition coefficient (Wildman–Crippen LogP) is 0.881. The van der Waals surface area contributed by atoms with E-state index < -0.39 is 0 Å². The van der Waals surface area contributed by atoms with Crippen molar-refractivity contribution in [3.05, 3.63) is 12.4 Å². The second-order valence-electron chi connectivity index (χ2n) is 5.75. The molecule has 18 heavy (non-hydrogen) atoms. The Bertz CT molecular complexity index is 380. The molecule has 0 unspecified atom stereocenters. The van der Waals surface area contributed by atoms with E-state index >= 15 is 0 Å². The van der Waals surface area contributed by atoms with Crippen LogP contribution in [0.15, 0.2) is 12.4 Å². The van der Waals surface area contributed by atoms with Crippen molar-refractivity contribution in [3.8, 4) is 0 Å². The number of aromatic nitrogens is 2. The first-order chi connectivity index (χ1) is 8.52. The third-order valence-electron chi connectivity index (χ3n) is 4.16. The smallest absolute Gasteiger partial charge is 0.0719 e. The van der Waals surface area contributed by atoms with Crippen molar-refractivity contribution in [3.63, 3.8) is 0 Å². The summed E-state index contributed by atoms with van der Waals surface area (Å²) >= 11 is 0. The van der Waals surface area contributed by atoms with Gasteiger partial charge in [-0.05, 0) is 40.4 Å². The maximum absolute atomic E-state index is 5.65. The Morgan fingerprint density at radius 2 is 2.11 bits per heavy atom. The summed E-state index contributed by atoms with van der Waals surface area (Å²) in [7, 11) is 6.58. The lowest BCUT2D eigenvalue weighted by molar-refractivity contribution is 0.0269. The second kappa shape index (κ2) is 5.28. The van der Waals surface area contributed by atoms with Crippen LogP contribution in [0.25, 0.3) is 0 Å². The highest BCUT2D eigenvalue weighted by Crippen LogP contribution is 2.36. The normalized spacial score (nSPS) is 18.3. The Morgan fingerprint density at radius 1 is 1.39 bits per heavy atom. The van der Waals surface area contributed by atoms with Gasteiger partial charge in [-0.3, -0.25) is 4.68 Å². The molecule has 1 aliphatic rings. The Labute approximate surface area is 110 Å². The summed E-state index contributed by atoms with van der Waals surface area (Å²) in [6.07, 6.45) is 7.59. The highest BCUT2D eigenvalue weighted by atomic mass is 15.3. The number of hydrogen-bond donors (Lipinski definition) is 1. The molecule has 1 aliphatic carbocycles. The summed E-state index contributed by atoms with van der Waals surface area (Å²) in [6, 6.07) is 0. The molecule has 5 heteroatoms. The molecule has 2 N–H and O–H groups in total. The first kappa shape index (κ1) is 13.4. The molecule has 1 saturated carbocycles. The van der Waals surface area contributed by atoms with Crippen LogP contribution in [0.3, 0.4) is 0 Å². The lowest BCUT2D eigenvalue weighted by Gasteiger charge is -2.49. The van der Waals surface area contributed by atoms with Crippen LogP contribution in [0.5, 0.6) is 0 Å². The number of nitrogens with two attached hydrogens (primary N) is 1. The molecule has 0 bridgehead atoms. The number of rotatable bonds is 6. The van der Waals surface area contributed by atoms with Gasteiger partial charge >= 0.3 is 0 Å². The molecule has 0 spiro atoms. The monoisotopic (exact) mass is 251 g/mol. The van der Waals surface area contributed by atoms with E-state index in [4.69, 9.17) is 5.73 Å². The molecule has 0 radical (unpaired) electrons. The zero-order valence-electron chi connectivity index (χ0n) is 11.8. The van der Waals surface area contributed by atoms with Crippen LogP contribution in [0, 0.1) is 0 Å². The maximum Gasteiger partial charge on any atom is 0.0719 e. The third-order valence-corrected chi connectivity index (χ3v) is 4.16. The molecule has 0 aromatic carbocycles. The summed E-state index contributed by atoms with van der Waals surface area (Å²) in [4.78, 5) is 4.79. The van der Waals surface area contributed by atoms with Crippen LogP contribution in [0.2, 0.25) is 0 Å². The van der Waals surface area contributed by atoms with Crippen LogP contribution in [-0.4, -0.2) is 59.4 Å². The second-order valence-corrected chi connectivity index (χ2v) is 5.75. The van der Waals surface area contributed by atoms with Crippen molar-refractivity contribution < 1.29 is 0 Å². The average Bonchev–Trinajstić information content (AvgIpc) is 2.66. The van der Waals surface area contributed by atoms with Crippen LogP contribution >= 0.6 is 0 Å². The van der Waals surface area contributed by atoms with Crippen LogP contribution in [-0.2, 0) is 6.54 Å². The molecule has 2 rings (SSSR count). The third kappa shape index (κ3) is 2.84. The topological polar surface area (TPSA) is 50.3 Å². The van der Waals surface area contributed by atoms with Gasteiger partial charge in [0, 0.05) is 24.8 Å². The number of nitrogen functional groups attached to an aromatic ring is 1. The van der Waals surface area contributed by atoms with Gasteiger partial charge in [-0.15, -0.1) is 0 Å². The van der Waals surface area contributed by atoms with Crippen molar-refractivity contribution in [1.82, 2.24) is 19.6 Å². The van der Waals surface area contributed by atoms with Gasteiger partial charge in [0.15, 0.2) is 0 Å². The van der Waals surface area contributed by atoms with Gasteiger partial charge in [0.2, 0.25) is 0 Å². The molecule has 0 amide bonds. The van der Waals surface area contributed by atoms with Gasteiger partial charge in [-0.2, -0.15) is 5.10 Å². The fraction of sp³-hybridized carbons (Fsp3) is 0.769. The van der Waals surface area contributed by atoms with E-state index in [2.05, 4.69) is 36.0 Å². The highest BCUT2D eigenvalue weighted by molar-refractivity contribution is 5.30. The minimum absolute atomic E-state index is 0.401. The van der Waals surface area contributed by atoms with Crippen molar-refractivity contribution in [1.29, 1.82) is 0 Å². The average molecular weight is 251 g/mol. The van der Waals surface area contributed by atoms with Crippen molar-refractivity contribution in [2.24, 2.45) is 0 Å². The molecule has 1 aromatic heterocycles. The fourth-order valence-corrected chi connectivity index (χ4v) is 2.69. The van der Waals surface area contributed by atoms with E-state index in [1.165, 1.54) is 19.3 Å². The summed E-state index contributed by atoms with van der Waals surface area (Å²) < 4.78 is 1.91. The van der Waals surface area contributed by atoms with E-state index in [0.717, 1.165) is 25.3 Å². The summed E-state index contributed by atoms with van der Waals surface area (Å²) in [5.41, 5.74) is 6.79. The quantitative estimate of drug-likeness (QED) is 0.815. The van der Waals surface area contributed by atoms with Gasteiger partial charge in [0.1, 0.15) is 0 Å². The molecule has 1 heterocycles. The van der Waals surface area contributed by atoms with Gasteiger partial charge < -0.3 is 15.5 Å². The predicted molar refractivity (Wildman–Crippen MR) is 74.4 cm³/mol. The molecule has 0 saturated heterocycles. The first-order valence-corrected chi connectivity index (χ1v) is 6.66. The van der Waals surface area contributed by atoms with Gasteiger partial charge in [-0.25, -0.2) is 0 Å². The summed E-state index contributed by atoms with van der Waals surface area (Å²) in [5, 5.41) is 4.21. The lowest BCUT2D eigenvalue weighted by Crippen LogP contribution is -2.56. The maximum atomic E-state index is 5.65. The Balaban J connectivity index is 1.80. The van der Waals surface area contributed by atoms with Crippen LogP contribution < -0.4 is 5.73 Å². The van der Waals surface area contributed by atoms with E-state index in [1.807, 2.05) is 10.9 Å². The van der Waals surface area contributed by atoms with Crippen LogP contribution in [0.1, 0.15) is 19.3 Å². The van der Waals surface area contributed by atoms with Crippen molar-refractivity contribution in [2.75, 3.05) is 40.0 Å². The Morgan fingerprint density at radius 3 is 2.56 bits per heavy atom. The molecule has 0 aliphatic heterocycles. The van der Waals surface area contributed by atoms with E-state index in [1.54, 1.807) is 6.20 Å². The van der Waals surface area contributed by atoms with Gasteiger partial charge in [0.05, 0.1) is 18.4 Å². The fourth-order valence-electron chi connectivity index (χ4n) is 2.69. The number of anilines is 1. The first-order valence-electron chi connectivity index (χ1n) is 6.66. The molecule has 0 atom stereocenters. The number of hydrogen-bond acceptors (Lipinski definition) is 4. The molecule has 5 nitrogen and oxygen atoms in total. The zero-order chi connectivity index (χ0) is 13.2. The lowest BCUT2D eigenvalue weighted by atomic mass is 9.75. The Hall–Kier alpha value is -1.07. The van der Waals surface area contributed by atoms with E-state index in [-0.39, 0.29) is 0 Å². The highest BCUT2D eigenvalue weighted by Gasteiger charge is 2.39. The van der Waals surface area contributed by atoms with Crippen molar-refractivity contribution in [2.45, 2.75) is 31.3 Å². The Kier molecular flexibility index (Phi) is 3.92. The zero-order valence-corrected chi connectivity index (χ0v) is 11.8. The SMILES string of the molecule is CN(CCn1cc(N)cn1)CC1(N(C)C)CCC1. The summed E-state index contributed by atoms with van der Waals surface area (Å²) in [6.45, 7) is 3.05. The molecule has 1 fully saturated rings. The van der Waals surface area contributed by atoms with E-state index in [0.29, 0.717) is 5.54 Å². The summed E-state index contributed by atoms with van der Waals surface area (Å²) in [5.74, 6) is 0.